The third-order valence-electron chi connectivity index (χ3n) is 7.13. The van der Waals surface area contributed by atoms with E-state index in [-0.39, 0.29) is 5.41 Å². The van der Waals surface area contributed by atoms with Crippen LogP contribution in [0.15, 0.2) is 61.3 Å². The normalized spacial score (nSPS) is 14.4. The minimum Gasteiger partial charge on any atom is -0.358 e. The van der Waals surface area contributed by atoms with Crippen LogP contribution in [0.1, 0.15) is 40.0 Å². The van der Waals surface area contributed by atoms with Gasteiger partial charge in [-0.3, -0.25) is 10.1 Å². The minimum absolute atomic E-state index is 0.0505. The maximum atomic E-state index is 4.73. The van der Waals surface area contributed by atoms with E-state index in [4.69, 9.17) is 4.98 Å². The fourth-order valence-electron chi connectivity index (χ4n) is 4.82. The Hall–Kier alpha value is -4.20. The van der Waals surface area contributed by atoms with Gasteiger partial charge in [0, 0.05) is 64.7 Å². The maximum Gasteiger partial charge on any atom is 0.155 e. The molecule has 0 saturated carbocycles. The van der Waals surface area contributed by atoms with E-state index in [1.165, 1.54) is 19.3 Å². The zero-order chi connectivity index (χ0) is 25.6. The van der Waals surface area contributed by atoms with E-state index in [9.17, 15) is 0 Å². The number of H-pyrrole nitrogens is 2. The molecule has 6 rings (SSSR count). The molecule has 1 fully saturated rings. The second-order valence-electron chi connectivity index (χ2n) is 10.8. The van der Waals surface area contributed by atoms with Crippen molar-refractivity contribution in [1.82, 2.24) is 30.1 Å². The predicted molar refractivity (Wildman–Crippen MR) is 150 cm³/mol. The van der Waals surface area contributed by atoms with Crippen LogP contribution in [0.25, 0.3) is 44.5 Å². The third-order valence-corrected chi connectivity index (χ3v) is 7.13. The molecule has 0 aliphatic carbocycles. The van der Waals surface area contributed by atoms with E-state index in [1.807, 2.05) is 30.9 Å². The summed E-state index contributed by atoms with van der Waals surface area (Å²) < 4.78 is 0. The van der Waals surface area contributed by atoms with Crippen molar-refractivity contribution in [2.45, 2.75) is 40.0 Å². The molecule has 3 N–H and O–H groups in total. The summed E-state index contributed by atoms with van der Waals surface area (Å²) in [5.74, 6) is 1.05. The highest BCUT2D eigenvalue weighted by atomic mass is 15.2. The minimum atomic E-state index is -0.0505. The van der Waals surface area contributed by atoms with E-state index < -0.39 is 0 Å². The molecule has 5 aromatic rings. The summed E-state index contributed by atoms with van der Waals surface area (Å²) >= 11 is 0. The van der Waals surface area contributed by atoms with Gasteiger partial charge < -0.3 is 15.2 Å². The number of rotatable bonds is 5. The van der Waals surface area contributed by atoms with E-state index in [2.05, 4.69) is 80.9 Å². The Morgan fingerprint density at radius 1 is 0.973 bits per heavy atom. The first-order chi connectivity index (χ1) is 17.9. The number of nitrogens with one attached hydrogen (secondary N) is 3. The van der Waals surface area contributed by atoms with Gasteiger partial charge >= 0.3 is 0 Å². The molecular weight excluding hydrogens is 460 g/mol. The summed E-state index contributed by atoms with van der Waals surface area (Å²) in [6, 6.07) is 8.39. The Bertz CT molecular complexity index is 1600. The van der Waals surface area contributed by atoms with Crippen molar-refractivity contribution in [2.75, 3.05) is 23.3 Å². The lowest BCUT2D eigenvalue weighted by atomic mass is 9.93. The molecule has 0 amide bonds. The van der Waals surface area contributed by atoms with Gasteiger partial charge in [-0.05, 0) is 43.5 Å². The molecule has 0 radical (unpaired) electrons. The predicted octanol–water partition coefficient (Wildman–Crippen LogP) is 6.53. The summed E-state index contributed by atoms with van der Waals surface area (Å²) in [6.07, 6.45) is 11.1. The van der Waals surface area contributed by atoms with E-state index in [0.29, 0.717) is 0 Å². The molecule has 8 nitrogen and oxygen atoms in total. The molecule has 0 atom stereocenters. The molecule has 0 aromatic carbocycles. The summed E-state index contributed by atoms with van der Waals surface area (Å²) in [5, 5.41) is 13.2. The Kier molecular flexibility index (Phi) is 5.67. The van der Waals surface area contributed by atoms with Crippen LogP contribution in [-0.4, -0.2) is 43.2 Å². The summed E-state index contributed by atoms with van der Waals surface area (Å²) in [6.45, 7) is 12.7. The number of aromatic nitrogens is 6. The molecule has 37 heavy (non-hydrogen) atoms. The fourth-order valence-corrected chi connectivity index (χ4v) is 4.82. The zero-order valence-corrected chi connectivity index (χ0v) is 21.6. The van der Waals surface area contributed by atoms with E-state index in [1.54, 1.807) is 0 Å². The molecular formula is C29H32N8. The highest BCUT2D eigenvalue weighted by Gasteiger charge is 2.19. The summed E-state index contributed by atoms with van der Waals surface area (Å²) in [4.78, 5) is 19.8. The average Bonchev–Trinajstić information content (AvgIpc) is 3.52. The fraction of sp³-hybridized carbons (Fsp3) is 0.310. The van der Waals surface area contributed by atoms with Gasteiger partial charge in [0.15, 0.2) is 5.65 Å². The summed E-state index contributed by atoms with van der Waals surface area (Å²) in [7, 11) is 0. The monoisotopic (exact) mass is 492 g/mol. The number of piperidine rings is 1. The van der Waals surface area contributed by atoms with Crippen LogP contribution in [0.3, 0.4) is 0 Å². The molecule has 1 saturated heterocycles. The lowest BCUT2D eigenvalue weighted by molar-refractivity contribution is 0.509. The first-order valence-corrected chi connectivity index (χ1v) is 12.9. The number of nitrogens with zero attached hydrogens (tertiary/aromatic N) is 5. The van der Waals surface area contributed by atoms with Crippen molar-refractivity contribution in [3.63, 3.8) is 0 Å². The molecule has 8 heteroatoms. The quantitative estimate of drug-likeness (QED) is 0.258. The van der Waals surface area contributed by atoms with Gasteiger partial charge in [0.25, 0.3) is 0 Å². The SMILES string of the molecule is C=C(Nc1cncc(-c2cnc3[nH]nc(-c4cc5c(N6CCCCC6)nccc5[nH]4)c3c2)c1)C(C)(C)C. The van der Waals surface area contributed by atoms with Crippen molar-refractivity contribution >= 4 is 33.4 Å². The van der Waals surface area contributed by atoms with Crippen LogP contribution in [0.5, 0.6) is 0 Å². The molecule has 5 aromatic heterocycles. The Labute approximate surface area is 216 Å². The number of fused-ring (bicyclic) bond motifs is 2. The van der Waals surface area contributed by atoms with Gasteiger partial charge in [0.05, 0.1) is 23.1 Å². The Balaban J connectivity index is 1.37. The average molecular weight is 493 g/mol. The van der Waals surface area contributed by atoms with Crippen LogP contribution >= 0.6 is 0 Å². The van der Waals surface area contributed by atoms with Gasteiger partial charge in [0.2, 0.25) is 0 Å². The van der Waals surface area contributed by atoms with Gasteiger partial charge in [-0.2, -0.15) is 5.10 Å². The smallest absolute Gasteiger partial charge is 0.155 e. The van der Waals surface area contributed by atoms with Gasteiger partial charge in [-0.1, -0.05) is 27.4 Å². The zero-order valence-electron chi connectivity index (χ0n) is 21.6. The molecule has 188 valence electrons. The number of allylic oxidation sites excluding steroid dienone is 1. The molecule has 0 unspecified atom stereocenters. The van der Waals surface area contributed by atoms with E-state index in [0.717, 1.165) is 74.7 Å². The number of anilines is 2. The van der Waals surface area contributed by atoms with Crippen molar-refractivity contribution < 1.29 is 0 Å². The van der Waals surface area contributed by atoms with E-state index >= 15 is 0 Å². The Morgan fingerprint density at radius 3 is 2.59 bits per heavy atom. The van der Waals surface area contributed by atoms with Crippen LogP contribution in [0.2, 0.25) is 0 Å². The second-order valence-corrected chi connectivity index (χ2v) is 10.8. The van der Waals surface area contributed by atoms with Crippen LogP contribution < -0.4 is 10.2 Å². The topological polar surface area (TPSA) is 98.4 Å². The maximum absolute atomic E-state index is 4.73. The second kappa shape index (κ2) is 9.03. The van der Waals surface area contributed by atoms with Crippen molar-refractivity contribution in [2.24, 2.45) is 5.41 Å². The van der Waals surface area contributed by atoms with Crippen LogP contribution in [-0.2, 0) is 0 Å². The number of hydrogen-bond donors (Lipinski definition) is 3. The largest absolute Gasteiger partial charge is 0.358 e. The lowest BCUT2D eigenvalue weighted by Crippen LogP contribution is -2.30. The molecule has 0 bridgehead atoms. The van der Waals surface area contributed by atoms with Crippen LogP contribution in [0, 0.1) is 5.41 Å². The highest BCUT2D eigenvalue weighted by molar-refractivity contribution is 5.99. The number of aromatic amines is 2. The number of pyridine rings is 3. The molecule has 1 aliphatic rings. The molecule has 6 heterocycles. The summed E-state index contributed by atoms with van der Waals surface area (Å²) in [5.41, 5.74) is 7.33. The van der Waals surface area contributed by atoms with Crippen LogP contribution in [0.4, 0.5) is 11.5 Å². The van der Waals surface area contributed by atoms with Gasteiger partial charge in [0.1, 0.15) is 11.5 Å². The Morgan fingerprint density at radius 2 is 1.78 bits per heavy atom. The van der Waals surface area contributed by atoms with Gasteiger partial charge in [-0.15, -0.1) is 0 Å². The lowest BCUT2D eigenvalue weighted by Gasteiger charge is -2.28. The third kappa shape index (κ3) is 4.43. The van der Waals surface area contributed by atoms with Crippen molar-refractivity contribution in [3.05, 3.63) is 61.3 Å². The molecule has 1 aliphatic heterocycles. The van der Waals surface area contributed by atoms with Gasteiger partial charge in [-0.25, -0.2) is 9.97 Å². The first-order valence-electron chi connectivity index (χ1n) is 12.9. The first kappa shape index (κ1) is 23.2. The highest BCUT2D eigenvalue weighted by Crippen LogP contribution is 2.34. The number of hydrogen-bond acceptors (Lipinski definition) is 6. The molecule has 0 spiro atoms. The van der Waals surface area contributed by atoms with Crippen molar-refractivity contribution in [3.8, 4) is 22.5 Å². The van der Waals surface area contributed by atoms with Crippen molar-refractivity contribution in [1.29, 1.82) is 0 Å². The standard InChI is InChI=1S/C29H32N8/c1-18(29(2,3)4)33-21-12-19(15-30-17-21)20-13-23-26(35-36-27(23)32-16-20)25-14-22-24(34-25)8-9-31-28(22)37-10-6-5-7-11-37/h8-9,12-17,33-34H,1,5-7,10-11H2,2-4H3,(H,32,35,36).